The fourth-order valence-corrected chi connectivity index (χ4v) is 3.60. The van der Waals surface area contributed by atoms with Crippen molar-refractivity contribution < 1.29 is 4.74 Å². The summed E-state index contributed by atoms with van der Waals surface area (Å²) in [4.78, 5) is 13.3. The van der Waals surface area contributed by atoms with Gasteiger partial charge in [-0.25, -0.2) is 15.0 Å². The molecule has 1 saturated carbocycles. The molecule has 26 heavy (non-hydrogen) atoms. The summed E-state index contributed by atoms with van der Waals surface area (Å²) in [5.41, 5.74) is 3.42. The number of nitrogens with one attached hydrogen (secondary N) is 2. The average molecular weight is 352 g/mol. The Morgan fingerprint density at radius 2 is 2.04 bits per heavy atom. The average Bonchev–Trinajstić information content (AvgIpc) is 3.07. The monoisotopic (exact) mass is 352 g/mol. The van der Waals surface area contributed by atoms with Crippen molar-refractivity contribution in [3.63, 3.8) is 0 Å². The molecule has 7 heteroatoms. The van der Waals surface area contributed by atoms with Gasteiger partial charge in [-0.3, -0.25) is 5.10 Å². The Hall–Kier alpha value is -2.70. The van der Waals surface area contributed by atoms with Crippen molar-refractivity contribution in [1.29, 1.82) is 0 Å². The van der Waals surface area contributed by atoms with E-state index in [2.05, 4.69) is 25.5 Å². The number of fused-ring (bicyclic) bond motifs is 1. The molecule has 0 atom stereocenters. The molecule has 3 heterocycles. The Morgan fingerprint density at radius 1 is 1.19 bits per heavy atom. The van der Waals surface area contributed by atoms with Crippen LogP contribution in [0.1, 0.15) is 44.7 Å². The number of nitrogens with zero attached hydrogens (tertiary/aromatic N) is 4. The predicted molar refractivity (Wildman–Crippen MR) is 101 cm³/mol. The van der Waals surface area contributed by atoms with Gasteiger partial charge in [-0.05, 0) is 32.8 Å². The zero-order chi connectivity index (χ0) is 17.9. The molecule has 3 aromatic heterocycles. The lowest BCUT2D eigenvalue weighted by molar-refractivity contribution is 0.326. The minimum Gasteiger partial charge on any atom is -0.478 e. The number of rotatable bonds is 5. The molecule has 3 aromatic rings. The fourth-order valence-electron chi connectivity index (χ4n) is 3.60. The Bertz CT molecular complexity index is 900. The van der Waals surface area contributed by atoms with Gasteiger partial charge in [-0.2, -0.15) is 5.10 Å². The molecule has 1 aliphatic rings. The molecule has 0 spiro atoms. The molecule has 0 unspecified atom stereocenters. The quantitative estimate of drug-likeness (QED) is 0.725. The zero-order valence-corrected chi connectivity index (χ0v) is 15.2. The number of aromatic nitrogens is 5. The number of ether oxygens (including phenoxy) is 1. The number of aryl methyl sites for hydroxylation is 1. The lowest BCUT2D eigenvalue weighted by Crippen LogP contribution is -2.23. The first-order valence-corrected chi connectivity index (χ1v) is 9.32. The summed E-state index contributed by atoms with van der Waals surface area (Å²) in [5, 5.41) is 12.3. The first kappa shape index (κ1) is 16.8. The van der Waals surface area contributed by atoms with Crippen molar-refractivity contribution in [1.82, 2.24) is 25.1 Å². The van der Waals surface area contributed by atoms with Crippen LogP contribution in [0.3, 0.4) is 0 Å². The standard InChI is InChI=1S/C19H24N6O/c1-3-26-16-10-15(20-11-21-16)18-17-14(24-25-18)9-12(2)22-19(17)23-13-7-5-4-6-8-13/h9-11,13H,3-8H2,1-2H3,(H,22,23)(H,24,25). The van der Waals surface area contributed by atoms with Crippen LogP contribution in [0.4, 0.5) is 5.82 Å². The van der Waals surface area contributed by atoms with Crippen LogP contribution < -0.4 is 10.1 Å². The lowest BCUT2D eigenvalue weighted by Gasteiger charge is -2.24. The van der Waals surface area contributed by atoms with E-state index in [-0.39, 0.29) is 0 Å². The maximum Gasteiger partial charge on any atom is 0.216 e. The van der Waals surface area contributed by atoms with Gasteiger partial charge in [0.05, 0.1) is 23.2 Å². The highest BCUT2D eigenvalue weighted by Crippen LogP contribution is 2.33. The molecule has 0 aromatic carbocycles. The summed E-state index contributed by atoms with van der Waals surface area (Å²) in [6, 6.07) is 4.31. The van der Waals surface area contributed by atoms with Crippen LogP contribution >= 0.6 is 0 Å². The topological polar surface area (TPSA) is 88.6 Å². The molecule has 0 bridgehead atoms. The first-order chi connectivity index (χ1) is 12.7. The SMILES string of the molecule is CCOc1cc(-c2n[nH]c3cc(C)nc(NC4CCCCC4)c23)ncn1. The van der Waals surface area contributed by atoms with Crippen LogP contribution in [0, 0.1) is 6.92 Å². The molecule has 0 radical (unpaired) electrons. The predicted octanol–water partition coefficient (Wildman–Crippen LogP) is 3.87. The highest BCUT2D eigenvalue weighted by atomic mass is 16.5. The summed E-state index contributed by atoms with van der Waals surface area (Å²) < 4.78 is 5.51. The maximum absolute atomic E-state index is 5.51. The zero-order valence-electron chi connectivity index (χ0n) is 15.2. The van der Waals surface area contributed by atoms with Crippen molar-refractivity contribution in [2.24, 2.45) is 0 Å². The van der Waals surface area contributed by atoms with Gasteiger partial charge in [0, 0.05) is 17.8 Å². The van der Waals surface area contributed by atoms with E-state index < -0.39 is 0 Å². The first-order valence-electron chi connectivity index (χ1n) is 9.32. The third-order valence-corrected chi connectivity index (χ3v) is 4.80. The largest absolute Gasteiger partial charge is 0.478 e. The summed E-state index contributed by atoms with van der Waals surface area (Å²) >= 11 is 0. The third kappa shape index (κ3) is 3.34. The molecule has 2 N–H and O–H groups in total. The Kier molecular flexibility index (Phi) is 4.69. The van der Waals surface area contributed by atoms with Crippen LogP contribution in [0.25, 0.3) is 22.3 Å². The van der Waals surface area contributed by atoms with Crippen LogP contribution in [-0.2, 0) is 0 Å². The minimum absolute atomic E-state index is 0.466. The van der Waals surface area contributed by atoms with E-state index >= 15 is 0 Å². The maximum atomic E-state index is 5.51. The smallest absolute Gasteiger partial charge is 0.216 e. The highest BCUT2D eigenvalue weighted by Gasteiger charge is 2.20. The van der Waals surface area contributed by atoms with Crippen molar-refractivity contribution in [3.05, 3.63) is 24.2 Å². The van der Waals surface area contributed by atoms with E-state index in [0.29, 0.717) is 18.5 Å². The fraction of sp³-hybridized carbons (Fsp3) is 0.474. The number of pyridine rings is 1. The second kappa shape index (κ2) is 7.27. The second-order valence-electron chi connectivity index (χ2n) is 6.76. The van der Waals surface area contributed by atoms with Crippen molar-refractivity contribution in [2.75, 3.05) is 11.9 Å². The summed E-state index contributed by atoms with van der Waals surface area (Å²) in [6.45, 7) is 4.50. The number of H-pyrrole nitrogens is 1. The molecular weight excluding hydrogens is 328 g/mol. The Morgan fingerprint density at radius 3 is 2.85 bits per heavy atom. The summed E-state index contributed by atoms with van der Waals surface area (Å²) in [5.74, 6) is 1.43. The van der Waals surface area contributed by atoms with Crippen LogP contribution in [0.2, 0.25) is 0 Å². The number of hydrogen-bond acceptors (Lipinski definition) is 6. The van der Waals surface area contributed by atoms with Crippen molar-refractivity contribution in [2.45, 2.75) is 52.0 Å². The van der Waals surface area contributed by atoms with E-state index in [9.17, 15) is 0 Å². The minimum atomic E-state index is 0.466. The normalized spacial score (nSPS) is 15.3. The van der Waals surface area contributed by atoms with Crippen LogP contribution in [0.5, 0.6) is 5.88 Å². The van der Waals surface area contributed by atoms with Gasteiger partial charge in [-0.1, -0.05) is 19.3 Å². The van der Waals surface area contributed by atoms with Crippen molar-refractivity contribution >= 4 is 16.7 Å². The van der Waals surface area contributed by atoms with Gasteiger partial charge in [0.2, 0.25) is 5.88 Å². The van der Waals surface area contributed by atoms with Crippen LogP contribution in [-0.4, -0.2) is 37.8 Å². The van der Waals surface area contributed by atoms with Gasteiger partial charge in [-0.15, -0.1) is 0 Å². The molecule has 0 aliphatic heterocycles. The van der Waals surface area contributed by atoms with E-state index in [0.717, 1.165) is 33.8 Å². The molecule has 0 saturated heterocycles. The molecule has 4 rings (SSSR count). The third-order valence-electron chi connectivity index (χ3n) is 4.80. The Labute approximate surface area is 152 Å². The van der Waals surface area contributed by atoms with Gasteiger partial charge < -0.3 is 10.1 Å². The molecular formula is C19H24N6O. The van der Waals surface area contributed by atoms with E-state index in [1.807, 2.05) is 26.0 Å². The second-order valence-corrected chi connectivity index (χ2v) is 6.76. The summed E-state index contributed by atoms with van der Waals surface area (Å²) in [7, 11) is 0. The van der Waals surface area contributed by atoms with Gasteiger partial charge in [0.25, 0.3) is 0 Å². The summed E-state index contributed by atoms with van der Waals surface area (Å²) in [6.07, 6.45) is 7.76. The Balaban J connectivity index is 1.77. The molecule has 0 amide bonds. The molecule has 7 nitrogen and oxygen atoms in total. The van der Waals surface area contributed by atoms with Gasteiger partial charge in [0.1, 0.15) is 17.8 Å². The molecule has 1 aliphatic carbocycles. The van der Waals surface area contributed by atoms with Gasteiger partial charge in [0.15, 0.2) is 0 Å². The highest BCUT2D eigenvalue weighted by molar-refractivity contribution is 6.00. The number of hydrogen-bond donors (Lipinski definition) is 2. The van der Waals surface area contributed by atoms with E-state index in [1.165, 1.54) is 38.4 Å². The van der Waals surface area contributed by atoms with Crippen LogP contribution in [0.15, 0.2) is 18.5 Å². The number of aromatic amines is 1. The molecule has 136 valence electrons. The van der Waals surface area contributed by atoms with E-state index in [1.54, 1.807) is 0 Å². The van der Waals surface area contributed by atoms with Gasteiger partial charge >= 0.3 is 0 Å². The number of anilines is 1. The van der Waals surface area contributed by atoms with E-state index in [4.69, 9.17) is 9.72 Å². The van der Waals surface area contributed by atoms with Crippen molar-refractivity contribution in [3.8, 4) is 17.3 Å². The molecule has 1 fully saturated rings. The lowest BCUT2D eigenvalue weighted by atomic mass is 9.95.